The van der Waals surface area contributed by atoms with Gasteiger partial charge in [0.2, 0.25) is 10.0 Å². The molecule has 7 heteroatoms. The Bertz CT molecular complexity index is 551. The van der Waals surface area contributed by atoms with Crippen molar-refractivity contribution in [3.63, 3.8) is 0 Å². The van der Waals surface area contributed by atoms with Crippen LogP contribution in [0.15, 0.2) is 6.20 Å². The van der Waals surface area contributed by atoms with E-state index in [4.69, 9.17) is 0 Å². The van der Waals surface area contributed by atoms with Crippen molar-refractivity contribution in [3.8, 4) is 0 Å². The summed E-state index contributed by atoms with van der Waals surface area (Å²) in [6.07, 6.45) is 1.75. The molecule has 0 aromatic carbocycles. The maximum atomic E-state index is 11.8. The number of sulfonamides is 1. The summed E-state index contributed by atoms with van der Waals surface area (Å²) in [5.74, 6) is 1.03. The predicted molar refractivity (Wildman–Crippen MR) is 74.8 cm³/mol. The monoisotopic (exact) mass is 284 g/mol. The minimum atomic E-state index is -3.07. The minimum absolute atomic E-state index is 0.163. The molecule has 0 bridgehead atoms. The fourth-order valence-electron chi connectivity index (χ4n) is 2.18. The zero-order chi connectivity index (χ0) is 14.0. The summed E-state index contributed by atoms with van der Waals surface area (Å²) in [6, 6.07) is 0. The highest BCUT2D eigenvalue weighted by molar-refractivity contribution is 7.89. The molecule has 1 aliphatic rings. The van der Waals surface area contributed by atoms with Crippen LogP contribution in [0.25, 0.3) is 0 Å². The quantitative estimate of drug-likeness (QED) is 0.811. The number of hydrogen-bond donors (Lipinski definition) is 0. The third-order valence-corrected chi connectivity index (χ3v) is 5.23. The molecule has 1 saturated heterocycles. The average molecular weight is 284 g/mol. The molecule has 2 rings (SSSR count). The molecule has 0 atom stereocenters. The summed E-state index contributed by atoms with van der Waals surface area (Å²) in [6.45, 7) is 7.88. The van der Waals surface area contributed by atoms with Gasteiger partial charge in [0.05, 0.1) is 17.1 Å². The number of hydrogen-bond acceptors (Lipinski definition) is 5. The maximum absolute atomic E-state index is 11.8. The van der Waals surface area contributed by atoms with Crippen molar-refractivity contribution < 1.29 is 8.42 Å². The van der Waals surface area contributed by atoms with Crippen molar-refractivity contribution in [2.45, 2.75) is 20.8 Å². The highest BCUT2D eigenvalue weighted by Gasteiger charge is 2.26. The number of rotatable bonds is 3. The van der Waals surface area contributed by atoms with Gasteiger partial charge in [0.1, 0.15) is 5.82 Å². The number of aryl methyl sites for hydroxylation is 2. The molecular weight excluding hydrogens is 264 g/mol. The van der Waals surface area contributed by atoms with Gasteiger partial charge in [0.15, 0.2) is 0 Å². The van der Waals surface area contributed by atoms with E-state index in [0.717, 1.165) is 17.2 Å². The van der Waals surface area contributed by atoms with E-state index in [1.165, 1.54) is 0 Å². The van der Waals surface area contributed by atoms with Gasteiger partial charge in [-0.05, 0) is 20.8 Å². The third kappa shape index (κ3) is 3.03. The molecule has 1 aromatic rings. The second-order valence-corrected chi connectivity index (χ2v) is 6.96. The molecule has 2 heterocycles. The topological polar surface area (TPSA) is 66.4 Å². The molecule has 1 aliphatic heterocycles. The first-order valence-corrected chi connectivity index (χ1v) is 8.08. The Morgan fingerprint density at radius 3 is 2.42 bits per heavy atom. The van der Waals surface area contributed by atoms with Gasteiger partial charge < -0.3 is 4.90 Å². The van der Waals surface area contributed by atoms with Crippen LogP contribution in [0.3, 0.4) is 0 Å². The minimum Gasteiger partial charge on any atom is -0.352 e. The van der Waals surface area contributed by atoms with Crippen molar-refractivity contribution in [1.82, 2.24) is 14.3 Å². The molecule has 19 heavy (non-hydrogen) atoms. The van der Waals surface area contributed by atoms with E-state index < -0.39 is 10.0 Å². The van der Waals surface area contributed by atoms with Crippen LogP contribution in [0.5, 0.6) is 0 Å². The zero-order valence-corrected chi connectivity index (χ0v) is 12.4. The first kappa shape index (κ1) is 14.2. The third-order valence-electron chi connectivity index (χ3n) is 3.35. The number of nitrogens with zero attached hydrogens (tertiary/aromatic N) is 4. The summed E-state index contributed by atoms with van der Waals surface area (Å²) in [7, 11) is -3.07. The van der Waals surface area contributed by atoms with Gasteiger partial charge in [-0.1, -0.05) is 0 Å². The van der Waals surface area contributed by atoms with Crippen molar-refractivity contribution in [2.75, 3.05) is 36.8 Å². The fourth-order valence-corrected chi connectivity index (χ4v) is 3.27. The summed E-state index contributed by atoms with van der Waals surface area (Å²) in [4.78, 5) is 10.9. The van der Waals surface area contributed by atoms with Gasteiger partial charge in [-0.15, -0.1) is 0 Å². The second kappa shape index (κ2) is 5.42. The van der Waals surface area contributed by atoms with E-state index in [1.54, 1.807) is 17.4 Å². The molecule has 1 fully saturated rings. The van der Waals surface area contributed by atoms with E-state index >= 15 is 0 Å². The SMILES string of the molecule is CCS(=O)(=O)N1CCN(c2nc(C)cnc2C)CC1. The van der Waals surface area contributed by atoms with Crippen LogP contribution in [0.4, 0.5) is 5.82 Å². The van der Waals surface area contributed by atoms with Gasteiger partial charge in [-0.25, -0.2) is 13.4 Å². The molecule has 106 valence electrons. The fraction of sp³-hybridized carbons (Fsp3) is 0.667. The van der Waals surface area contributed by atoms with Crippen molar-refractivity contribution >= 4 is 15.8 Å². The van der Waals surface area contributed by atoms with Crippen LogP contribution in [0.2, 0.25) is 0 Å². The highest BCUT2D eigenvalue weighted by Crippen LogP contribution is 2.18. The van der Waals surface area contributed by atoms with Crippen LogP contribution in [0.1, 0.15) is 18.3 Å². The van der Waals surface area contributed by atoms with Crippen LogP contribution >= 0.6 is 0 Å². The van der Waals surface area contributed by atoms with Gasteiger partial charge in [0, 0.05) is 32.4 Å². The molecular formula is C12H20N4O2S. The summed E-state index contributed by atoms with van der Waals surface area (Å²) in [5.41, 5.74) is 1.77. The largest absolute Gasteiger partial charge is 0.352 e. The van der Waals surface area contributed by atoms with Crippen LogP contribution in [0, 0.1) is 13.8 Å². The van der Waals surface area contributed by atoms with Gasteiger partial charge in [-0.3, -0.25) is 4.98 Å². The lowest BCUT2D eigenvalue weighted by Gasteiger charge is -2.35. The first-order valence-electron chi connectivity index (χ1n) is 6.47. The van der Waals surface area contributed by atoms with E-state index in [9.17, 15) is 8.42 Å². The standard InChI is InChI=1S/C12H20N4O2S/c1-4-19(17,18)16-7-5-15(6-8-16)12-11(3)13-9-10(2)14-12/h9H,4-8H2,1-3H3. The Balaban J connectivity index is 2.10. The molecule has 0 radical (unpaired) electrons. The normalized spacial score (nSPS) is 17.7. The van der Waals surface area contributed by atoms with E-state index in [2.05, 4.69) is 14.9 Å². The lowest BCUT2D eigenvalue weighted by Crippen LogP contribution is -2.49. The van der Waals surface area contributed by atoms with Crippen LogP contribution in [-0.4, -0.2) is 54.6 Å². The van der Waals surface area contributed by atoms with Crippen molar-refractivity contribution in [3.05, 3.63) is 17.6 Å². The lowest BCUT2D eigenvalue weighted by molar-refractivity contribution is 0.384. The average Bonchev–Trinajstić information content (AvgIpc) is 2.42. The zero-order valence-electron chi connectivity index (χ0n) is 11.6. The van der Waals surface area contributed by atoms with Crippen molar-refractivity contribution in [1.29, 1.82) is 0 Å². The molecule has 0 N–H and O–H groups in total. The number of anilines is 1. The summed E-state index contributed by atoms with van der Waals surface area (Å²) < 4.78 is 25.2. The van der Waals surface area contributed by atoms with Gasteiger partial charge in [0.25, 0.3) is 0 Å². The molecule has 0 aliphatic carbocycles. The number of aromatic nitrogens is 2. The molecule has 0 spiro atoms. The van der Waals surface area contributed by atoms with Crippen LogP contribution < -0.4 is 4.90 Å². The van der Waals surface area contributed by atoms with Crippen LogP contribution in [-0.2, 0) is 10.0 Å². The Morgan fingerprint density at radius 1 is 1.21 bits per heavy atom. The summed E-state index contributed by atoms with van der Waals surface area (Å²) >= 11 is 0. The summed E-state index contributed by atoms with van der Waals surface area (Å²) in [5, 5.41) is 0. The second-order valence-electron chi connectivity index (χ2n) is 4.71. The Labute approximate surface area is 114 Å². The van der Waals surface area contributed by atoms with Gasteiger partial charge in [-0.2, -0.15) is 4.31 Å². The van der Waals surface area contributed by atoms with E-state index in [1.807, 2.05) is 13.8 Å². The molecule has 1 aromatic heterocycles. The van der Waals surface area contributed by atoms with Crippen molar-refractivity contribution in [2.24, 2.45) is 0 Å². The maximum Gasteiger partial charge on any atom is 0.213 e. The Morgan fingerprint density at radius 2 is 1.84 bits per heavy atom. The Kier molecular flexibility index (Phi) is 4.05. The van der Waals surface area contributed by atoms with Gasteiger partial charge >= 0.3 is 0 Å². The molecule has 0 saturated carbocycles. The smallest absolute Gasteiger partial charge is 0.213 e. The predicted octanol–water partition coefficient (Wildman–Crippen LogP) is 0.565. The lowest BCUT2D eigenvalue weighted by atomic mass is 10.3. The molecule has 0 unspecified atom stereocenters. The van der Waals surface area contributed by atoms with E-state index in [0.29, 0.717) is 26.2 Å². The number of piperazine rings is 1. The first-order chi connectivity index (χ1) is 8.94. The highest BCUT2D eigenvalue weighted by atomic mass is 32.2. The molecule has 0 amide bonds. The molecule has 6 nitrogen and oxygen atoms in total. The van der Waals surface area contributed by atoms with E-state index in [-0.39, 0.29) is 5.75 Å². The Hall–Kier alpha value is -1.21.